The molecule has 2 aliphatic rings. The maximum atomic E-state index is 6.14. The third-order valence-electron chi connectivity index (χ3n) is 3.06. The third kappa shape index (κ3) is 7.88. The highest BCUT2D eigenvalue weighted by atomic mass is 28.4. The molecule has 0 aliphatic heterocycles. The molecule has 0 bridgehead atoms. The van der Waals surface area contributed by atoms with Crippen LogP contribution in [0.3, 0.4) is 0 Å². The average Bonchev–Trinajstić information content (AvgIpc) is 3.21. The van der Waals surface area contributed by atoms with Crippen LogP contribution in [0.5, 0.6) is 0 Å². The fourth-order valence-electron chi connectivity index (χ4n) is 1.78. The number of hydrogen-bond acceptors (Lipinski definition) is 6. The van der Waals surface area contributed by atoms with E-state index in [1.54, 1.807) is 7.11 Å². The van der Waals surface area contributed by atoms with Gasteiger partial charge in [0.2, 0.25) is 6.48 Å². The fourth-order valence-corrected chi connectivity index (χ4v) is 5.49. The van der Waals surface area contributed by atoms with E-state index >= 15 is 0 Å². The van der Waals surface area contributed by atoms with Crippen LogP contribution >= 0.6 is 0 Å². The van der Waals surface area contributed by atoms with Crippen molar-refractivity contribution in [2.24, 2.45) is 0 Å². The molecule has 0 aromatic rings. The summed E-state index contributed by atoms with van der Waals surface area (Å²) in [5, 5.41) is 0. The minimum Gasteiger partial charge on any atom is -0.373 e. The molecule has 0 atom stereocenters. The van der Waals surface area contributed by atoms with Gasteiger partial charge in [-0.2, -0.15) is 0 Å². The van der Waals surface area contributed by atoms with Crippen LogP contribution in [0.15, 0.2) is 0 Å². The Morgan fingerprint density at radius 3 is 1.35 bits per heavy atom. The SMILES string of the molecule is CO[Si](OC1CC1)(OC1CC1)OC(O[Si](C)(C)C)O[Si](C)(C)C. The van der Waals surface area contributed by atoms with Crippen LogP contribution in [0.1, 0.15) is 25.7 Å². The lowest BCUT2D eigenvalue weighted by Gasteiger charge is -2.36. The summed E-state index contributed by atoms with van der Waals surface area (Å²) in [6.45, 7) is 11.9. The molecule has 0 unspecified atom stereocenters. The summed E-state index contributed by atoms with van der Waals surface area (Å²) in [6, 6.07) is 0. The molecule has 2 aliphatic carbocycles. The van der Waals surface area contributed by atoms with Crippen molar-refractivity contribution in [2.45, 2.75) is 83.6 Å². The van der Waals surface area contributed by atoms with Crippen LogP contribution in [0.25, 0.3) is 0 Å². The van der Waals surface area contributed by atoms with Crippen LogP contribution in [0.4, 0.5) is 0 Å². The van der Waals surface area contributed by atoms with Gasteiger partial charge >= 0.3 is 9.05 Å². The Morgan fingerprint density at radius 2 is 1.09 bits per heavy atom. The second-order valence-electron chi connectivity index (χ2n) is 8.21. The van der Waals surface area contributed by atoms with Crippen LogP contribution in [-0.4, -0.2) is 51.5 Å². The van der Waals surface area contributed by atoms with Gasteiger partial charge in [0.05, 0.1) is 12.2 Å². The molecule has 136 valence electrons. The monoisotopic (exact) mass is 380 g/mol. The third-order valence-corrected chi connectivity index (χ3v) is 7.09. The summed E-state index contributed by atoms with van der Waals surface area (Å²) in [4.78, 5) is 0. The Labute approximate surface area is 143 Å². The van der Waals surface area contributed by atoms with Crippen molar-refractivity contribution in [3.05, 3.63) is 0 Å². The zero-order valence-electron chi connectivity index (χ0n) is 15.5. The molecule has 0 saturated heterocycles. The summed E-state index contributed by atoms with van der Waals surface area (Å²) in [5.41, 5.74) is 0. The highest BCUT2D eigenvalue weighted by molar-refractivity contribution is 6.70. The summed E-state index contributed by atoms with van der Waals surface area (Å²) >= 11 is 0. The summed E-state index contributed by atoms with van der Waals surface area (Å²) in [7, 11) is -5.35. The van der Waals surface area contributed by atoms with Gasteiger partial charge in [0, 0.05) is 7.11 Å². The molecule has 0 radical (unpaired) electrons. The molecule has 0 N–H and O–H groups in total. The predicted molar refractivity (Wildman–Crippen MR) is 94.7 cm³/mol. The maximum absolute atomic E-state index is 6.14. The van der Waals surface area contributed by atoms with Gasteiger partial charge in [0.25, 0.3) is 0 Å². The summed E-state index contributed by atoms with van der Waals surface area (Å²) in [6.07, 6.45) is 4.49. The molecule has 0 aromatic heterocycles. The van der Waals surface area contributed by atoms with Gasteiger partial charge < -0.3 is 26.6 Å². The first-order valence-electron chi connectivity index (χ1n) is 8.44. The molecule has 23 heavy (non-hydrogen) atoms. The van der Waals surface area contributed by atoms with Gasteiger partial charge in [-0.1, -0.05) is 0 Å². The predicted octanol–water partition coefficient (Wildman–Crippen LogP) is 3.43. The Kier molecular flexibility index (Phi) is 6.30. The molecule has 2 saturated carbocycles. The van der Waals surface area contributed by atoms with E-state index in [1.807, 2.05) is 0 Å². The number of rotatable bonds is 11. The number of hydrogen-bond donors (Lipinski definition) is 0. The van der Waals surface area contributed by atoms with E-state index in [0.29, 0.717) is 0 Å². The van der Waals surface area contributed by atoms with E-state index in [4.69, 9.17) is 26.6 Å². The van der Waals surface area contributed by atoms with Crippen molar-refractivity contribution in [3.63, 3.8) is 0 Å². The van der Waals surface area contributed by atoms with Crippen LogP contribution < -0.4 is 0 Å². The van der Waals surface area contributed by atoms with E-state index in [-0.39, 0.29) is 12.2 Å². The van der Waals surface area contributed by atoms with E-state index in [1.165, 1.54) is 0 Å². The molecule has 0 heterocycles. The zero-order valence-corrected chi connectivity index (χ0v) is 18.5. The van der Waals surface area contributed by atoms with Crippen LogP contribution in [-0.2, 0) is 26.6 Å². The molecular formula is C14H32O6Si3. The Balaban J connectivity index is 2.09. The molecule has 0 aromatic carbocycles. The lowest BCUT2D eigenvalue weighted by molar-refractivity contribution is -0.204. The summed E-state index contributed by atoms with van der Waals surface area (Å²) in [5.74, 6) is 0. The van der Waals surface area contributed by atoms with Gasteiger partial charge in [-0.05, 0) is 65.0 Å². The van der Waals surface area contributed by atoms with E-state index in [9.17, 15) is 0 Å². The van der Waals surface area contributed by atoms with Crippen molar-refractivity contribution in [1.82, 2.24) is 0 Å². The lowest BCUT2D eigenvalue weighted by Crippen LogP contribution is -2.55. The molecule has 2 fully saturated rings. The minimum atomic E-state index is -3.24. The van der Waals surface area contributed by atoms with Gasteiger partial charge in [0.15, 0.2) is 16.6 Å². The van der Waals surface area contributed by atoms with E-state index in [2.05, 4.69) is 39.3 Å². The quantitative estimate of drug-likeness (QED) is 0.404. The Bertz CT molecular complexity index is 357. The molecular weight excluding hydrogens is 348 g/mol. The zero-order chi connectivity index (χ0) is 17.3. The first-order chi connectivity index (χ1) is 10.5. The Morgan fingerprint density at radius 1 is 0.696 bits per heavy atom. The van der Waals surface area contributed by atoms with E-state index in [0.717, 1.165) is 25.7 Å². The average molecular weight is 381 g/mol. The fraction of sp³-hybridized carbons (Fsp3) is 1.00. The minimum absolute atomic E-state index is 0.180. The van der Waals surface area contributed by atoms with Gasteiger partial charge in [-0.25, -0.2) is 0 Å². The Hall–Kier alpha value is 0.411. The van der Waals surface area contributed by atoms with Gasteiger partial charge in [-0.3, -0.25) is 0 Å². The van der Waals surface area contributed by atoms with Crippen LogP contribution in [0.2, 0.25) is 39.3 Å². The van der Waals surface area contributed by atoms with E-state index < -0.39 is 32.2 Å². The second-order valence-corrected chi connectivity index (χ2v) is 19.2. The normalized spacial score (nSPS) is 20.3. The highest BCUT2D eigenvalue weighted by Gasteiger charge is 2.55. The second kappa shape index (κ2) is 7.34. The molecule has 0 amide bonds. The van der Waals surface area contributed by atoms with Crippen molar-refractivity contribution >= 4 is 25.7 Å². The lowest BCUT2D eigenvalue weighted by atomic mass is 10.9. The van der Waals surface area contributed by atoms with Crippen LogP contribution in [0, 0.1) is 0 Å². The van der Waals surface area contributed by atoms with Crippen molar-refractivity contribution in [3.8, 4) is 0 Å². The highest BCUT2D eigenvalue weighted by Crippen LogP contribution is 2.35. The smallest absolute Gasteiger partial charge is 0.373 e. The first kappa shape index (κ1) is 19.7. The largest absolute Gasteiger partial charge is 0.683 e. The maximum Gasteiger partial charge on any atom is 0.683 e. The van der Waals surface area contributed by atoms with Gasteiger partial charge in [-0.15, -0.1) is 0 Å². The molecule has 6 nitrogen and oxygen atoms in total. The molecule has 0 spiro atoms. The topological polar surface area (TPSA) is 55.4 Å². The van der Waals surface area contributed by atoms with Crippen molar-refractivity contribution in [1.29, 1.82) is 0 Å². The standard InChI is InChI=1S/C14H32O6Si3/c1-15-23(16-12-8-9-12,17-13-10-11-13)20-14(18-21(2,3)4)19-22(5,6)7/h12-14H,8-11H2,1-7H3. The molecule has 2 rings (SSSR count). The van der Waals surface area contributed by atoms with Crippen molar-refractivity contribution in [2.75, 3.05) is 7.11 Å². The first-order valence-corrected chi connectivity index (χ1v) is 16.9. The van der Waals surface area contributed by atoms with Crippen molar-refractivity contribution < 1.29 is 26.6 Å². The van der Waals surface area contributed by atoms with Gasteiger partial charge in [0.1, 0.15) is 0 Å². The summed E-state index contributed by atoms with van der Waals surface area (Å²) < 4.78 is 36.1. The molecule has 9 heteroatoms.